The molecule has 1 aliphatic rings. The normalized spacial score (nSPS) is 15.9. The number of aryl methyl sites for hydroxylation is 1. The van der Waals surface area contributed by atoms with Crippen LogP contribution in [0.5, 0.6) is 5.75 Å². The average Bonchev–Trinajstić information content (AvgIpc) is 3.21. The number of benzene rings is 1. The van der Waals surface area contributed by atoms with Gasteiger partial charge in [0.1, 0.15) is 5.75 Å². The monoisotopic (exact) mass is 283 g/mol. The molecule has 2 N–H and O–H groups in total. The maximum Gasteiger partial charge on any atom is 0.258 e. The largest absolute Gasteiger partial charge is 0.482 e. The third-order valence-electron chi connectivity index (χ3n) is 3.12. The van der Waals surface area contributed by atoms with Gasteiger partial charge in [-0.05, 0) is 43.4 Å². The van der Waals surface area contributed by atoms with Gasteiger partial charge in [-0.15, -0.1) is 0 Å². The lowest BCUT2D eigenvalue weighted by Crippen LogP contribution is -2.36. The van der Waals surface area contributed by atoms with E-state index >= 15 is 0 Å². The predicted octanol–water partition coefficient (Wildman–Crippen LogP) is 1.91. The molecule has 2 rings (SSSR count). The van der Waals surface area contributed by atoms with Gasteiger partial charge in [0.15, 0.2) is 6.61 Å². The Kier molecular flexibility index (Phi) is 4.66. The van der Waals surface area contributed by atoms with Gasteiger partial charge in [0.05, 0.1) is 11.1 Å². The SMILES string of the molecule is Cc1ccc(Cl)c(OCC(=O)NCC(O)C2CC2)c1. The molecule has 5 heteroatoms. The molecule has 1 aromatic rings. The van der Waals surface area contributed by atoms with Gasteiger partial charge in [-0.1, -0.05) is 17.7 Å². The molecule has 0 aliphatic heterocycles. The molecule has 1 saturated carbocycles. The summed E-state index contributed by atoms with van der Waals surface area (Å²) in [4.78, 5) is 11.6. The maximum absolute atomic E-state index is 11.6. The van der Waals surface area contributed by atoms with E-state index in [4.69, 9.17) is 16.3 Å². The number of aliphatic hydroxyl groups is 1. The first kappa shape index (κ1) is 14.2. The van der Waals surface area contributed by atoms with Crippen LogP contribution in [-0.4, -0.2) is 30.3 Å². The third kappa shape index (κ3) is 4.40. The van der Waals surface area contributed by atoms with Gasteiger partial charge in [0.2, 0.25) is 0 Å². The number of aliphatic hydroxyl groups excluding tert-OH is 1. The number of nitrogens with one attached hydrogen (secondary N) is 1. The van der Waals surface area contributed by atoms with E-state index < -0.39 is 6.10 Å². The Morgan fingerprint density at radius 2 is 2.32 bits per heavy atom. The molecule has 0 spiro atoms. The fourth-order valence-corrected chi connectivity index (χ4v) is 1.95. The average molecular weight is 284 g/mol. The first-order valence-electron chi connectivity index (χ1n) is 6.40. The van der Waals surface area contributed by atoms with Crippen LogP contribution in [0.3, 0.4) is 0 Å². The van der Waals surface area contributed by atoms with Gasteiger partial charge in [0, 0.05) is 6.54 Å². The van der Waals surface area contributed by atoms with E-state index in [1.54, 1.807) is 12.1 Å². The van der Waals surface area contributed by atoms with Crippen LogP contribution in [0.2, 0.25) is 5.02 Å². The molecule has 0 bridgehead atoms. The van der Waals surface area contributed by atoms with Crippen LogP contribution >= 0.6 is 11.6 Å². The van der Waals surface area contributed by atoms with E-state index in [0.29, 0.717) is 16.7 Å². The molecular weight excluding hydrogens is 266 g/mol. The van der Waals surface area contributed by atoms with Crippen molar-refractivity contribution in [2.75, 3.05) is 13.2 Å². The zero-order valence-corrected chi connectivity index (χ0v) is 11.6. The van der Waals surface area contributed by atoms with Crippen molar-refractivity contribution in [2.45, 2.75) is 25.9 Å². The van der Waals surface area contributed by atoms with Crippen LogP contribution in [0.4, 0.5) is 0 Å². The second kappa shape index (κ2) is 6.26. The Morgan fingerprint density at radius 3 is 3.00 bits per heavy atom. The summed E-state index contributed by atoms with van der Waals surface area (Å²) in [6, 6.07) is 5.40. The topological polar surface area (TPSA) is 58.6 Å². The van der Waals surface area contributed by atoms with Gasteiger partial charge in [-0.3, -0.25) is 4.79 Å². The standard InChI is InChI=1S/C14H18ClNO3/c1-9-2-5-11(15)13(6-9)19-8-14(18)16-7-12(17)10-3-4-10/h2,5-6,10,12,17H,3-4,7-8H2,1H3,(H,16,18). The van der Waals surface area contributed by atoms with E-state index in [1.165, 1.54) is 0 Å². The highest BCUT2D eigenvalue weighted by molar-refractivity contribution is 6.32. The maximum atomic E-state index is 11.6. The minimum atomic E-state index is -0.438. The number of rotatable bonds is 6. The molecule has 1 unspecified atom stereocenters. The molecule has 0 radical (unpaired) electrons. The lowest BCUT2D eigenvalue weighted by atomic mass is 10.2. The summed E-state index contributed by atoms with van der Waals surface area (Å²) in [6.07, 6.45) is 1.66. The Balaban J connectivity index is 1.74. The molecule has 0 aromatic heterocycles. The van der Waals surface area contributed by atoms with Gasteiger partial charge in [-0.25, -0.2) is 0 Å². The molecular formula is C14H18ClNO3. The highest BCUT2D eigenvalue weighted by atomic mass is 35.5. The van der Waals surface area contributed by atoms with Crippen LogP contribution in [0, 0.1) is 12.8 Å². The summed E-state index contributed by atoms with van der Waals surface area (Å²) in [6.45, 7) is 2.12. The Bertz CT molecular complexity index is 460. The third-order valence-corrected chi connectivity index (χ3v) is 3.43. The summed E-state index contributed by atoms with van der Waals surface area (Å²) >= 11 is 5.96. The number of halogens is 1. The van der Waals surface area contributed by atoms with E-state index in [-0.39, 0.29) is 19.1 Å². The number of amides is 1. The van der Waals surface area contributed by atoms with Crippen LogP contribution in [0.15, 0.2) is 18.2 Å². The van der Waals surface area contributed by atoms with Gasteiger partial charge >= 0.3 is 0 Å². The number of carbonyl (C=O) groups is 1. The summed E-state index contributed by atoms with van der Waals surface area (Å²) in [7, 11) is 0. The smallest absolute Gasteiger partial charge is 0.258 e. The number of carbonyl (C=O) groups excluding carboxylic acids is 1. The molecule has 1 amide bonds. The van der Waals surface area contributed by atoms with E-state index in [9.17, 15) is 9.90 Å². The summed E-state index contributed by atoms with van der Waals surface area (Å²) < 4.78 is 5.36. The van der Waals surface area contributed by atoms with Crippen molar-refractivity contribution in [1.29, 1.82) is 0 Å². The second-order valence-corrected chi connectivity index (χ2v) is 5.34. The molecule has 104 valence electrons. The Hall–Kier alpha value is -1.26. The summed E-state index contributed by atoms with van der Waals surface area (Å²) in [5, 5.41) is 12.8. The van der Waals surface area contributed by atoms with Crippen molar-refractivity contribution in [2.24, 2.45) is 5.92 Å². The van der Waals surface area contributed by atoms with E-state index in [1.807, 2.05) is 13.0 Å². The summed E-state index contributed by atoms with van der Waals surface area (Å²) in [5.41, 5.74) is 1.02. The fraction of sp³-hybridized carbons (Fsp3) is 0.500. The lowest BCUT2D eigenvalue weighted by molar-refractivity contribution is -0.123. The zero-order valence-electron chi connectivity index (χ0n) is 10.9. The first-order valence-corrected chi connectivity index (χ1v) is 6.78. The first-order chi connectivity index (χ1) is 9.06. The molecule has 4 nitrogen and oxygen atoms in total. The van der Waals surface area contributed by atoms with Crippen molar-refractivity contribution >= 4 is 17.5 Å². The van der Waals surface area contributed by atoms with Gasteiger partial charge in [0.25, 0.3) is 5.91 Å². The second-order valence-electron chi connectivity index (χ2n) is 4.93. The molecule has 1 aliphatic carbocycles. The summed E-state index contributed by atoms with van der Waals surface area (Å²) in [5.74, 6) is 0.601. The van der Waals surface area contributed by atoms with Crippen LogP contribution in [-0.2, 0) is 4.79 Å². The fourth-order valence-electron chi connectivity index (χ4n) is 1.78. The highest BCUT2D eigenvalue weighted by Gasteiger charge is 2.29. The quantitative estimate of drug-likeness (QED) is 0.838. The van der Waals surface area contributed by atoms with Gasteiger partial charge < -0.3 is 15.2 Å². The number of hydrogen-bond donors (Lipinski definition) is 2. The van der Waals surface area contributed by atoms with Crippen molar-refractivity contribution in [3.63, 3.8) is 0 Å². The van der Waals surface area contributed by atoms with Crippen molar-refractivity contribution in [3.05, 3.63) is 28.8 Å². The highest BCUT2D eigenvalue weighted by Crippen LogP contribution is 2.32. The van der Waals surface area contributed by atoms with Crippen molar-refractivity contribution in [1.82, 2.24) is 5.32 Å². The van der Waals surface area contributed by atoms with Crippen LogP contribution in [0.1, 0.15) is 18.4 Å². The van der Waals surface area contributed by atoms with Crippen molar-refractivity contribution in [3.8, 4) is 5.75 Å². The van der Waals surface area contributed by atoms with Crippen molar-refractivity contribution < 1.29 is 14.6 Å². The number of ether oxygens (including phenoxy) is 1. The zero-order chi connectivity index (χ0) is 13.8. The Labute approximate surface area is 117 Å². The van der Waals surface area contributed by atoms with Crippen LogP contribution in [0.25, 0.3) is 0 Å². The minimum absolute atomic E-state index is 0.0967. The number of hydrogen-bond acceptors (Lipinski definition) is 3. The minimum Gasteiger partial charge on any atom is -0.482 e. The molecule has 19 heavy (non-hydrogen) atoms. The van der Waals surface area contributed by atoms with E-state index in [0.717, 1.165) is 18.4 Å². The van der Waals surface area contributed by atoms with Gasteiger partial charge in [-0.2, -0.15) is 0 Å². The van der Waals surface area contributed by atoms with E-state index in [2.05, 4.69) is 5.32 Å². The molecule has 1 fully saturated rings. The molecule has 1 atom stereocenters. The van der Waals surface area contributed by atoms with Crippen LogP contribution < -0.4 is 10.1 Å². The molecule has 0 saturated heterocycles. The lowest BCUT2D eigenvalue weighted by Gasteiger charge is -2.12. The molecule has 0 heterocycles. The predicted molar refractivity (Wildman–Crippen MR) is 73.4 cm³/mol. The Morgan fingerprint density at radius 1 is 1.58 bits per heavy atom. The molecule has 1 aromatic carbocycles.